The molecule has 0 atom stereocenters. The predicted molar refractivity (Wildman–Crippen MR) is 93.0 cm³/mol. The quantitative estimate of drug-likeness (QED) is 0.443. The van der Waals surface area contributed by atoms with E-state index in [0.717, 1.165) is 22.1 Å². The van der Waals surface area contributed by atoms with E-state index >= 15 is 0 Å². The maximum atomic E-state index is 5.53. The van der Waals surface area contributed by atoms with Crippen LogP contribution in [0, 0.1) is 6.92 Å². The van der Waals surface area contributed by atoms with Crippen LogP contribution in [0.15, 0.2) is 77.9 Å². The number of benzene rings is 3. The molecule has 0 saturated heterocycles. The van der Waals surface area contributed by atoms with Crippen LogP contribution in [-0.4, -0.2) is 0 Å². The van der Waals surface area contributed by atoms with Gasteiger partial charge in [0.15, 0.2) is 0 Å². The second kappa shape index (κ2) is 4.88. The van der Waals surface area contributed by atoms with Gasteiger partial charge < -0.3 is 4.42 Å². The fraction of sp³-hybridized carbons (Fsp3) is 0.0476. The van der Waals surface area contributed by atoms with Crippen molar-refractivity contribution in [3.8, 4) is 0 Å². The van der Waals surface area contributed by atoms with E-state index in [1.165, 1.54) is 21.9 Å². The Hall–Kier alpha value is -2.80. The summed E-state index contributed by atoms with van der Waals surface area (Å²) < 4.78 is 5.53. The van der Waals surface area contributed by atoms with E-state index < -0.39 is 0 Å². The third-order valence-corrected chi connectivity index (χ3v) is 4.24. The van der Waals surface area contributed by atoms with Crippen LogP contribution >= 0.6 is 0 Å². The van der Waals surface area contributed by atoms with Gasteiger partial charge in [0.25, 0.3) is 0 Å². The van der Waals surface area contributed by atoms with Crippen LogP contribution < -0.4 is 0 Å². The maximum absolute atomic E-state index is 5.53. The minimum absolute atomic E-state index is 0.905. The van der Waals surface area contributed by atoms with Crippen molar-refractivity contribution >= 4 is 27.3 Å². The van der Waals surface area contributed by atoms with Crippen molar-refractivity contribution < 1.29 is 4.42 Å². The molecule has 106 valence electrons. The topological polar surface area (TPSA) is 13.1 Å². The first-order valence-corrected chi connectivity index (χ1v) is 7.39. The van der Waals surface area contributed by atoms with Gasteiger partial charge in [-0.3, -0.25) is 0 Å². The van der Waals surface area contributed by atoms with Crippen molar-refractivity contribution in [1.29, 1.82) is 0 Å². The number of furan rings is 1. The summed E-state index contributed by atoms with van der Waals surface area (Å²) in [5.74, 6) is 0. The largest absolute Gasteiger partial charge is 0.464 e. The predicted octanol–water partition coefficient (Wildman–Crippen LogP) is 5.96. The molecule has 1 heteroatoms. The molecular formula is C21H16O. The standard InChI is InChI=1S/C21H16O/c1-14-7-10-20-19(11-12-22-20)21(14)15(2)17-9-8-16-5-3-4-6-18(16)13-17/h3-13H,2H2,1H3. The van der Waals surface area contributed by atoms with Crippen molar-refractivity contribution in [2.75, 3.05) is 0 Å². The van der Waals surface area contributed by atoms with Crippen LogP contribution in [0.25, 0.3) is 27.3 Å². The summed E-state index contributed by atoms with van der Waals surface area (Å²) in [5.41, 5.74) is 5.47. The minimum atomic E-state index is 0.905. The Morgan fingerprint density at radius 2 is 1.73 bits per heavy atom. The smallest absolute Gasteiger partial charge is 0.134 e. The normalized spacial score (nSPS) is 11.1. The van der Waals surface area contributed by atoms with Gasteiger partial charge in [0, 0.05) is 5.39 Å². The summed E-state index contributed by atoms with van der Waals surface area (Å²) in [4.78, 5) is 0. The molecule has 0 saturated carbocycles. The molecule has 1 nitrogen and oxygen atoms in total. The van der Waals surface area contributed by atoms with Crippen molar-refractivity contribution in [2.45, 2.75) is 6.92 Å². The van der Waals surface area contributed by atoms with Crippen molar-refractivity contribution in [3.63, 3.8) is 0 Å². The lowest BCUT2D eigenvalue weighted by Gasteiger charge is -2.12. The van der Waals surface area contributed by atoms with Gasteiger partial charge in [0.2, 0.25) is 0 Å². The number of hydrogen-bond donors (Lipinski definition) is 0. The lowest BCUT2D eigenvalue weighted by molar-refractivity contribution is 0.616. The highest BCUT2D eigenvalue weighted by Gasteiger charge is 2.12. The number of aryl methyl sites for hydroxylation is 1. The molecule has 0 bridgehead atoms. The van der Waals surface area contributed by atoms with Gasteiger partial charge in [-0.15, -0.1) is 0 Å². The van der Waals surface area contributed by atoms with Gasteiger partial charge in [0.1, 0.15) is 5.58 Å². The average molecular weight is 284 g/mol. The molecule has 22 heavy (non-hydrogen) atoms. The summed E-state index contributed by atoms with van der Waals surface area (Å²) in [6, 6.07) is 21.0. The molecule has 1 heterocycles. The fourth-order valence-electron chi connectivity index (χ4n) is 3.07. The molecule has 0 aliphatic carbocycles. The van der Waals surface area contributed by atoms with Crippen molar-refractivity contribution in [1.82, 2.24) is 0 Å². The van der Waals surface area contributed by atoms with E-state index in [2.05, 4.69) is 62.0 Å². The van der Waals surface area contributed by atoms with Crippen LogP contribution in [0.4, 0.5) is 0 Å². The Bertz CT molecular complexity index is 1000. The minimum Gasteiger partial charge on any atom is -0.464 e. The first kappa shape index (κ1) is 12.9. The molecule has 0 radical (unpaired) electrons. The molecule has 0 fully saturated rings. The zero-order valence-corrected chi connectivity index (χ0v) is 12.5. The molecule has 0 amide bonds. The van der Waals surface area contributed by atoms with Crippen LogP contribution in [0.5, 0.6) is 0 Å². The molecule has 3 aromatic carbocycles. The SMILES string of the molecule is C=C(c1ccc2ccccc2c1)c1c(C)ccc2occc12. The molecular weight excluding hydrogens is 268 g/mol. The third-order valence-electron chi connectivity index (χ3n) is 4.24. The van der Waals surface area contributed by atoms with E-state index in [0.29, 0.717) is 0 Å². The van der Waals surface area contributed by atoms with Crippen molar-refractivity contribution in [2.24, 2.45) is 0 Å². The second-order valence-corrected chi connectivity index (χ2v) is 5.63. The van der Waals surface area contributed by atoms with Crippen LogP contribution in [-0.2, 0) is 0 Å². The monoisotopic (exact) mass is 284 g/mol. The van der Waals surface area contributed by atoms with Crippen LogP contribution in [0.1, 0.15) is 16.7 Å². The first-order chi connectivity index (χ1) is 10.7. The lowest BCUT2D eigenvalue weighted by Crippen LogP contribution is -1.91. The summed E-state index contributed by atoms with van der Waals surface area (Å²) in [5, 5.41) is 3.61. The summed E-state index contributed by atoms with van der Waals surface area (Å²) in [6.07, 6.45) is 1.74. The molecule has 1 aromatic heterocycles. The molecule has 4 rings (SSSR count). The van der Waals surface area contributed by atoms with Gasteiger partial charge >= 0.3 is 0 Å². The highest BCUT2D eigenvalue weighted by atomic mass is 16.3. The molecule has 0 aliphatic heterocycles. The Morgan fingerprint density at radius 1 is 0.909 bits per heavy atom. The van der Waals surface area contributed by atoms with Crippen LogP contribution in [0.3, 0.4) is 0 Å². The van der Waals surface area contributed by atoms with Gasteiger partial charge in [-0.25, -0.2) is 0 Å². The highest BCUT2D eigenvalue weighted by Crippen LogP contribution is 2.33. The van der Waals surface area contributed by atoms with Crippen LogP contribution in [0.2, 0.25) is 0 Å². The molecule has 0 N–H and O–H groups in total. The van der Waals surface area contributed by atoms with E-state index in [1.807, 2.05) is 12.1 Å². The Morgan fingerprint density at radius 3 is 2.59 bits per heavy atom. The van der Waals surface area contributed by atoms with Gasteiger partial charge in [-0.2, -0.15) is 0 Å². The first-order valence-electron chi connectivity index (χ1n) is 7.39. The van der Waals surface area contributed by atoms with Crippen molar-refractivity contribution in [3.05, 3.63) is 90.2 Å². The Labute approximate surface area is 129 Å². The van der Waals surface area contributed by atoms with E-state index in [9.17, 15) is 0 Å². The van der Waals surface area contributed by atoms with Gasteiger partial charge in [-0.05, 0) is 58.2 Å². The zero-order valence-electron chi connectivity index (χ0n) is 12.5. The molecule has 0 spiro atoms. The van der Waals surface area contributed by atoms with E-state index in [-0.39, 0.29) is 0 Å². The van der Waals surface area contributed by atoms with Gasteiger partial charge in [-0.1, -0.05) is 49.0 Å². The van der Waals surface area contributed by atoms with Gasteiger partial charge in [0.05, 0.1) is 6.26 Å². The molecule has 4 aromatic rings. The molecule has 0 aliphatic rings. The highest BCUT2D eigenvalue weighted by molar-refractivity contribution is 5.98. The lowest BCUT2D eigenvalue weighted by atomic mass is 9.92. The average Bonchev–Trinajstić information content (AvgIpc) is 3.02. The summed E-state index contributed by atoms with van der Waals surface area (Å²) in [6.45, 7) is 6.47. The zero-order chi connectivity index (χ0) is 15.1. The molecule has 0 unspecified atom stereocenters. The Balaban J connectivity index is 1.91. The van der Waals surface area contributed by atoms with E-state index in [1.54, 1.807) is 6.26 Å². The number of hydrogen-bond acceptors (Lipinski definition) is 1. The Kier molecular flexibility index (Phi) is 2.87. The summed E-state index contributed by atoms with van der Waals surface area (Å²) in [7, 11) is 0. The third kappa shape index (κ3) is 1.94. The number of fused-ring (bicyclic) bond motifs is 2. The number of rotatable bonds is 2. The summed E-state index contributed by atoms with van der Waals surface area (Å²) >= 11 is 0. The fourth-order valence-corrected chi connectivity index (χ4v) is 3.07. The second-order valence-electron chi connectivity index (χ2n) is 5.63. The van der Waals surface area contributed by atoms with E-state index in [4.69, 9.17) is 4.42 Å². The maximum Gasteiger partial charge on any atom is 0.134 e.